The first kappa shape index (κ1) is 20.9. The minimum atomic E-state index is -0.194. The van der Waals surface area contributed by atoms with Gasteiger partial charge in [0, 0.05) is 12.6 Å². The van der Waals surface area contributed by atoms with Crippen LogP contribution >= 0.6 is 23.4 Å². The van der Waals surface area contributed by atoms with E-state index in [0.29, 0.717) is 27.3 Å². The molecular formula is C20H20ClN5O2S. The molecule has 1 aromatic heterocycles. The van der Waals surface area contributed by atoms with Crippen molar-refractivity contribution in [3.63, 3.8) is 0 Å². The van der Waals surface area contributed by atoms with E-state index < -0.39 is 0 Å². The Bertz CT molecular complexity index is 1040. The Kier molecular flexibility index (Phi) is 6.90. The zero-order valence-electron chi connectivity index (χ0n) is 16.0. The molecule has 2 N–H and O–H groups in total. The quantitative estimate of drug-likeness (QED) is 0.561. The molecule has 0 fully saturated rings. The van der Waals surface area contributed by atoms with Gasteiger partial charge in [-0.15, -0.1) is 10.2 Å². The molecule has 2 amide bonds. The van der Waals surface area contributed by atoms with Crippen molar-refractivity contribution in [1.82, 2.24) is 20.1 Å². The van der Waals surface area contributed by atoms with E-state index in [1.807, 2.05) is 25.1 Å². The number of hydrogen-bond donors (Lipinski definition) is 2. The van der Waals surface area contributed by atoms with Crippen LogP contribution in [0.15, 0.2) is 53.7 Å². The van der Waals surface area contributed by atoms with Crippen LogP contribution in [-0.4, -0.2) is 32.3 Å². The molecule has 1 heterocycles. The number of amides is 2. The van der Waals surface area contributed by atoms with Crippen molar-refractivity contribution in [2.75, 3.05) is 11.1 Å². The highest BCUT2D eigenvalue weighted by Gasteiger charge is 2.13. The van der Waals surface area contributed by atoms with Gasteiger partial charge >= 0.3 is 0 Å². The topological polar surface area (TPSA) is 88.9 Å². The van der Waals surface area contributed by atoms with Gasteiger partial charge in [-0.2, -0.15) is 0 Å². The number of carbonyl (C=O) groups excluding carboxylic acids is 2. The van der Waals surface area contributed by atoms with Gasteiger partial charge in [0.05, 0.1) is 23.0 Å². The Labute approximate surface area is 177 Å². The molecule has 7 nitrogen and oxygen atoms in total. The van der Waals surface area contributed by atoms with Crippen molar-refractivity contribution >= 4 is 40.9 Å². The molecule has 0 aliphatic rings. The normalized spacial score (nSPS) is 10.6. The number of nitrogens with one attached hydrogen (secondary N) is 2. The zero-order chi connectivity index (χ0) is 20.8. The molecule has 0 radical (unpaired) electrons. The van der Waals surface area contributed by atoms with Crippen LogP contribution in [0.2, 0.25) is 5.02 Å². The van der Waals surface area contributed by atoms with Crippen molar-refractivity contribution < 1.29 is 9.59 Å². The smallest absolute Gasteiger partial charge is 0.251 e. The molecule has 0 aliphatic heterocycles. The van der Waals surface area contributed by atoms with Gasteiger partial charge in [0.15, 0.2) is 11.0 Å². The molecule has 0 bridgehead atoms. The van der Waals surface area contributed by atoms with Crippen LogP contribution in [-0.2, 0) is 18.4 Å². The maximum Gasteiger partial charge on any atom is 0.251 e. The third-order valence-electron chi connectivity index (χ3n) is 4.09. The number of thioether (sulfide) groups is 1. The lowest BCUT2D eigenvalue weighted by Gasteiger charge is -2.07. The SMILES string of the molecule is Cc1cccc(C(=O)NCc2nnc(SCC(=O)Nc3ccccc3Cl)n2C)c1. The lowest BCUT2D eigenvalue weighted by atomic mass is 10.1. The predicted molar refractivity (Wildman–Crippen MR) is 114 cm³/mol. The number of aryl methyl sites for hydroxylation is 1. The van der Waals surface area contributed by atoms with Crippen LogP contribution < -0.4 is 10.6 Å². The first-order valence-electron chi connectivity index (χ1n) is 8.84. The highest BCUT2D eigenvalue weighted by atomic mass is 35.5. The molecule has 0 aliphatic carbocycles. The Balaban J connectivity index is 1.53. The van der Waals surface area contributed by atoms with Gasteiger partial charge in [0.1, 0.15) is 0 Å². The second-order valence-electron chi connectivity index (χ2n) is 6.33. The van der Waals surface area contributed by atoms with Gasteiger partial charge in [0.25, 0.3) is 5.91 Å². The van der Waals surface area contributed by atoms with Crippen LogP contribution in [0, 0.1) is 6.92 Å². The van der Waals surface area contributed by atoms with Crippen LogP contribution in [0.25, 0.3) is 0 Å². The van der Waals surface area contributed by atoms with Gasteiger partial charge in [-0.3, -0.25) is 9.59 Å². The summed E-state index contributed by atoms with van der Waals surface area (Å²) < 4.78 is 1.75. The summed E-state index contributed by atoms with van der Waals surface area (Å²) in [6.07, 6.45) is 0. The van der Waals surface area contributed by atoms with Crippen LogP contribution in [0.5, 0.6) is 0 Å². The van der Waals surface area contributed by atoms with Crippen LogP contribution in [0.1, 0.15) is 21.7 Å². The second kappa shape index (κ2) is 9.58. The van der Waals surface area contributed by atoms with Crippen molar-refractivity contribution in [3.8, 4) is 0 Å². The fraction of sp³-hybridized carbons (Fsp3) is 0.200. The average Bonchev–Trinajstić information content (AvgIpc) is 3.06. The summed E-state index contributed by atoms with van der Waals surface area (Å²) >= 11 is 7.30. The third-order valence-corrected chi connectivity index (χ3v) is 5.44. The van der Waals surface area contributed by atoms with Gasteiger partial charge in [-0.25, -0.2) is 0 Å². The van der Waals surface area contributed by atoms with E-state index in [4.69, 9.17) is 11.6 Å². The number of aromatic nitrogens is 3. The standard InChI is InChI=1S/C20H20ClN5O2S/c1-13-6-5-7-14(10-13)19(28)22-11-17-24-25-20(26(17)2)29-12-18(27)23-16-9-4-3-8-15(16)21/h3-10H,11-12H2,1-2H3,(H,22,28)(H,23,27). The highest BCUT2D eigenvalue weighted by Crippen LogP contribution is 2.21. The van der Waals surface area contributed by atoms with Crippen molar-refractivity contribution in [3.05, 3.63) is 70.5 Å². The minimum Gasteiger partial charge on any atom is -0.345 e. The second-order valence-corrected chi connectivity index (χ2v) is 7.68. The molecule has 29 heavy (non-hydrogen) atoms. The lowest BCUT2D eigenvalue weighted by Crippen LogP contribution is -2.24. The maximum absolute atomic E-state index is 12.3. The molecule has 0 spiro atoms. The number of hydrogen-bond acceptors (Lipinski definition) is 5. The molecular weight excluding hydrogens is 410 g/mol. The van der Waals surface area contributed by atoms with Crippen molar-refractivity contribution in [2.45, 2.75) is 18.6 Å². The van der Waals surface area contributed by atoms with E-state index in [-0.39, 0.29) is 24.1 Å². The Morgan fingerprint density at radius 2 is 1.93 bits per heavy atom. The third kappa shape index (κ3) is 5.58. The fourth-order valence-electron chi connectivity index (χ4n) is 2.55. The molecule has 3 rings (SSSR count). The monoisotopic (exact) mass is 429 g/mol. The largest absolute Gasteiger partial charge is 0.345 e. The van der Waals surface area contributed by atoms with Crippen LogP contribution in [0.4, 0.5) is 5.69 Å². The van der Waals surface area contributed by atoms with E-state index in [1.54, 1.807) is 41.9 Å². The molecule has 2 aromatic carbocycles. The predicted octanol–water partition coefficient (Wildman–Crippen LogP) is 3.44. The van der Waals surface area contributed by atoms with Gasteiger partial charge in [0.2, 0.25) is 5.91 Å². The van der Waals surface area contributed by atoms with Crippen molar-refractivity contribution in [2.24, 2.45) is 7.05 Å². The number of para-hydroxylation sites is 1. The Morgan fingerprint density at radius 3 is 2.69 bits per heavy atom. The van der Waals surface area contributed by atoms with E-state index in [0.717, 1.165) is 5.56 Å². The number of halogens is 1. The summed E-state index contributed by atoms with van der Waals surface area (Å²) in [5, 5.41) is 14.9. The summed E-state index contributed by atoms with van der Waals surface area (Å²) in [6.45, 7) is 2.17. The van der Waals surface area contributed by atoms with E-state index >= 15 is 0 Å². The average molecular weight is 430 g/mol. The minimum absolute atomic E-state index is 0.160. The lowest BCUT2D eigenvalue weighted by molar-refractivity contribution is -0.113. The molecule has 3 aromatic rings. The van der Waals surface area contributed by atoms with E-state index in [1.165, 1.54) is 11.8 Å². The number of anilines is 1. The van der Waals surface area contributed by atoms with Crippen molar-refractivity contribution in [1.29, 1.82) is 0 Å². The number of carbonyl (C=O) groups is 2. The van der Waals surface area contributed by atoms with Gasteiger partial charge < -0.3 is 15.2 Å². The number of rotatable bonds is 7. The first-order chi connectivity index (χ1) is 13.9. The summed E-state index contributed by atoms with van der Waals surface area (Å²) in [5.41, 5.74) is 2.18. The highest BCUT2D eigenvalue weighted by molar-refractivity contribution is 7.99. The zero-order valence-corrected chi connectivity index (χ0v) is 17.5. The maximum atomic E-state index is 12.3. The summed E-state index contributed by atoms with van der Waals surface area (Å²) in [6, 6.07) is 14.4. The molecule has 9 heteroatoms. The Morgan fingerprint density at radius 1 is 1.14 bits per heavy atom. The van der Waals surface area contributed by atoms with E-state index in [2.05, 4.69) is 20.8 Å². The van der Waals surface area contributed by atoms with Gasteiger partial charge in [-0.05, 0) is 31.2 Å². The van der Waals surface area contributed by atoms with Crippen LogP contribution in [0.3, 0.4) is 0 Å². The van der Waals surface area contributed by atoms with Gasteiger partial charge in [-0.1, -0.05) is 53.2 Å². The molecule has 0 atom stereocenters. The summed E-state index contributed by atoms with van der Waals surface area (Å²) in [4.78, 5) is 24.4. The van der Waals surface area contributed by atoms with E-state index in [9.17, 15) is 9.59 Å². The fourth-order valence-corrected chi connectivity index (χ4v) is 3.46. The summed E-state index contributed by atoms with van der Waals surface area (Å²) in [7, 11) is 1.79. The Hall–Kier alpha value is -2.84. The first-order valence-corrected chi connectivity index (χ1v) is 10.2. The molecule has 0 unspecified atom stereocenters. The molecule has 0 saturated heterocycles. The number of nitrogens with zero attached hydrogens (tertiary/aromatic N) is 3. The molecule has 150 valence electrons. The number of benzene rings is 2. The summed E-state index contributed by atoms with van der Waals surface area (Å²) in [5.74, 6) is 0.387. The molecule has 0 saturated carbocycles.